The summed E-state index contributed by atoms with van der Waals surface area (Å²) in [4.78, 5) is 29.6. The highest BCUT2D eigenvalue weighted by atomic mass is 16.7. The van der Waals surface area contributed by atoms with Gasteiger partial charge in [-0.1, -0.05) is 37.3 Å². The minimum Gasteiger partial charge on any atom is -0.354 e. The number of hydrogen-bond donors (Lipinski definition) is 2. The highest BCUT2D eigenvalue weighted by Crippen LogP contribution is 2.24. The molecule has 1 aromatic carbocycles. The SMILES string of the molecule is CNC(=O)c1cc(C(=O)CCCCC2OCC(N)CO2)cc([C@@H](C)c2ccccc2)n1. The van der Waals surface area contributed by atoms with Gasteiger partial charge >= 0.3 is 0 Å². The number of nitrogens with two attached hydrogens (primary N) is 1. The molecule has 1 atom stereocenters. The van der Waals surface area contributed by atoms with Crippen molar-refractivity contribution in [3.8, 4) is 0 Å². The first kappa shape index (κ1) is 23.1. The molecule has 0 unspecified atom stereocenters. The van der Waals surface area contributed by atoms with Crippen molar-refractivity contribution in [3.63, 3.8) is 0 Å². The molecule has 0 bridgehead atoms. The van der Waals surface area contributed by atoms with Crippen LogP contribution < -0.4 is 11.1 Å². The van der Waals surface area contributed by atoms with E-state index < -0.39 is 0 Å². The number of nitrogens with zero attached hydrogens (tertiary/aromatic N) is 1. The van der Waals surface area contributed by atoms with Gasteiger partial charge in [-0.15, -0.1) is 0 Å². The third-order valence-corrected chi connectivity index (χ3v) is 5.46. The van der Waals surface area contributed by atoms with E-state index in [2.05, 4.69) is 10.3 Å². The van der Waals surface area contributed by atoms with E-state index >= 15 is 0 Å². The van der Waals surface area contributed by atoms with Crippen LogP contribution in [0.15, 0.2) is 42.5 Å². The largest absolute Gasteiger partial charge is 0.354 e. The molecule has 1 amide bonds. The first-order valence-corrected chi connectivity index (χ1v) is 10.8. The lowest BCUT2D eigenvalue weighted by atomic mass is 9.94. The molecule has 0 aliphatic carbocycles. The molecule has 1 aliphatic rings. The van der Waals surface area contributed by atoms with Crippen LogP contribution >= 0.6 is 0 Å². The van der Waals surface area contributed by atoms with Crippen molar-refractivity contribution >= 4 is 11.7 Å². The molecule has 7 heteroatoms. The average Bonchev–Trinajstić information content (AvgIpc) is 2.82. The molecule has 1 saturated heterocycles. The number of unbranched alkanes of at least 4 members (excludes halogenated alkanes) is 1. The summed E-state index contributed by atoms with van der Waals surface area (Å²) in [7, 11) is 1.56. The Morgan fingerprint density at radius 2 is 1.87 bits per heavy atom. The minimum absolute atomic E-state index is 0.00145. The van der Waals surface area contributed by atoms with Crippen molar-refractivity contribution in [1.82, 2.24) is 10.3 Å². The molecule has 1 aromatic heterocycles. The maximum atomic E-state index is 12.9. The van der Waals surface area contributed by atoms with Gasteiger partial charge < -0.3 is 20.5 Å². The number of carbonyl (C=O) groups is 2. The zero-order chi connectivity index (χ0) is 22.2. The van der Waals surface area contributed by atoms with E-state index in [1.807, 2.05) is 37.3 Å². The van der Waals surface area contributed by atoms with Crippen molar-refractivity contribution in [2.75, 3.05) is 20.3 Å². The normalized spacial score (nSPS) is 19.6. The van der Waals surface area contributed by atoms with E-state index in [1.54, 1.807) is 19.2 Å². The Kier molecular flexibility index (Phi) is 8.28. The lowest BCUT2D eigenvalue weighted by Crippen LogP contribution is -2.41. The quantitative estimate of drug-likeness (QED) is 0.473. The second-order valence-electron chi connectivity index (χ2n) is 7.90. The number of amides is 1. The summed E-state index contributed by atoms with van der Waals surface area (Å²) in [6.45, 7) is 3.03. The van der Waals surface area contributed by atoms with Gasteiger partial charge in [0.05, 0.1) is 19.3 Å². The van der Waals surface area contributed by atoms with Gasteiger partial charge in [0.2, 0.25) is 0 Å². The van der Waals surface area contributed by atoms with Crippen LogP contribution in [-0.4, -0.2) is 49.3 Å². The van der Waals surface area contributed by atoms with Crippen LogP contribution in [0.25, 0.3) is 0 Å². The third kappa shape index (κ3) is 6.43. The topological polar surface area (TPSA) is 104 Å². The van der Waals surface area contributed by atoms with Crippen LogP contribution in [0.5, 0.6) is 0 Å². The molecule has 0 radical (unpaired) electrons. The van der Waals surface area contributed by atoms with Crippen LogP contribution in [0.2, 0.25) is 0 Å². The van der Waals surface area contributed by atoms with E-state index in [0.29, 0.717) is 30.9 Å². The van der Waals surface area contributed by atoms with Crippen LogP contribution in [0, 0.1) is 0 Å². The molecule has 3 rings (SSSR count). The molecule has 166 valence electrons. The van der Waals surface area contributed by atoms with Gasteiger partial charge in [-0.3, -0.25) is 9.59 Å². The molecule has 2 heterocycles. The van der Waals surface area contributed by atoms with Crippen LogP contribution in [0.4, 0.5) is 0 Å². The summed E-state index contributed by atoms with van der Waals surface area (Å²) in [5.41, 5.74) is 8.30. The van der Waals surface area contributed by atoms with E-state index in [4.69, 9.17) is 15.2 Å². The lowest BCUT2D eigenvalue weighted by Gasteiger charge is -2.27. The van der Waals surface area contributed by atoms with E-state index in [9.17, 15) is 9.59 Å². The third-order valence-electron chi connectivity index (χ3n) is 5.46. The van der Waals surface area contributed by atoms with E-state index in [-0.39, 0.29) is 35.6 Å². The second kappa shape index (κ2) is 11.1. The molecular weight excluding hydrogens is 394 g/mol. The summed E-state index contributed by atoms with van der Waals surface area (Å²) in [5.74, 6) is -0.341. The number of hydrogen-bond acceptors (Lipinski definition) is 6. The summed E-state index contributed by atoms with van der Waals surface area (Å²) >= 11 is 0. The number of rotatable bonds is 9. The molecule has 1 fully saturated rings. The Hall–Kier alpha value is -2.61. The van der Waals surface area contributed by atoms with Gasteiger partial charge in [-0.05, 0) is 37.0 Å². The molecule has 1 aliphatic heterocycles. The second-order valence-corrected chi connectivity index (χ2v) is 7.90. The number of pyridine rings is 1. The zero-order valence-electron chi connectivity index (χ0n) is 18.2. The van der Waals surface area contributed by atoms with Gasteiger partial charge in [0, 0.05) is 30.6 Å². The van der Waals surface area contributed by atoms with Crippen LogP contribution in [0.3, 0.4) is 0 Å². The maximum Gasteiger partial charge on any atom is 0.269 e. The number of Topliss-reactive ketones (excluding diaryl/α,β-unsaturated/α-hetero) is 1. The molecule has 7 nitrogen and oxygen atoms in total. The van der Waals surface area contributed by atoms with Crippen molar-refractivity contribution < 1.29 is 19.1 Å². The number of benzene rings is 1. The molecule has 31 heavy (non-hydrogen) atoms. The minimum atomic E-state index is -0.305. The van der Waals surface area contributed by atoms with Gasteiger partial charge in [0.25, 0.3) is 5.91 Å². The number of carbonyl (C=O) groups excluding carboxylic acids is 2. The van der Waals surface area contributed by atoms with E-state index in [0.717, 1.165) is 24.8 Å². The van der Waals surface area contributed by atoms with Gasteiger partial charge in [0.1, 0.15) is 5.69 Å². The molecule has 0 spiro atoms. The first-order chi connectivity index (χ1) is 15.0. The van der Waals surface area contributed by atoms with Gasteiger partial charge in [-0.2, -0.15) is 0 Å². The van der Waals surface area contributed by atoms with Crippen molar-refractivity contribution in [1.29, 1.82) is 0 Å². The summed E-state index contributed by atoms with van der Waals surface area (Å²) in [5, 5.41) is 2.60. The number of nitrogens with one attached hydrogen (secondary N) is 1. The predicted molar refractivity (Wildman–Crippen MR) is 118 cm³/mol. The summed E-state index contributed by atoms with van der Waals surface area (Å²) < 4.78 is 11.1. The number of ketones is 1. The highest BCUT2D eigenvalue weighted by molar-refractivity contribution is 5.99. The Balaban J connectivity index is 1.66. The van der Waals surface area contributed by atoms with Crippen molar-refractivity contribution in [3.05, 3.63) is 65.0 Å². The Morgan fingerprint density at radius 3 is 2.55 bits per heavy atom. The first-order valence-electron chi connectivity index (χ1n) is 10.8. The molecule has 0 saturated carbocycles. The van der Waals surface area contributed by atoms with Crippen molar-refractivity contribution in [2.45, 2.75) is 50.9 Å². The zero-order valence-corrected chi connectivity index (χ0v) is 18.2. The molecular formula is C24H31N3O4. The fourth-order valence-corrected chi connectivity index (χ4v) is 3.56. The van der Waals surface area contributed by atoms with Crippen LogP contribution in [0.1, 0.15) is 70.6 Å². The predicted octanol–water partition coefficient (Wildman–Crippen LogP) is 3.04. The number of aromatic nitrogens is 1. The number of ether oxygens (including phenoxy) is 2. The lowest BCUT2D eigenvalue weighted by molar-refractivity contribution is -0.188. The fourth-order valence-electron chi connectivity index (χ4n) is 3.56. The maximum absolute atomic E-state index is 12.9. The Morgan fingerprint density at radius 1 is 1.16 bits per heavy atom. The molecule has 3 N–H and O–H groups in total. The standard InChI is InChI=1S/C24H31N3O4/c1-16(17-8-4-3-5-9-17)20-12-18(13-21(27-20)24(29)26-2)22(28)10-6-7-11-23-30-14-19(25)15-31-23/h3-5,8-9,12-13,16,19,23H,6-7,10-11,14-15,25H2,1-2H3,(H,26,29)/t16-,19?,23?/m0/s1. The Labute approximate surface area is 183 Å². The van der Waals surface area contributed by atoms with Crippen LogP contribution in [-0.2, 0) is 9.47 Å². The molecule has 2 aromatic rings. The van der Waals surface area contributed by atoms with Gasteiger partial charge in [-0.25, -0.2) is 4.98 Å². The monoisotopic (exact) mass is 425 g/mol. The summed E-state index contributed by atoms with van der Waals surface area (Å²) in [6, 6.07) is 13.2. The van der Waals surface area contributed by atoms with E-state index in [1.165, 1.54) is 0 Å². The Bertz CT molecular complexity index is 880. The average molecular weight is 426 g/mol. The van der Waals surface area contributed by atoms with Gasteiger partial charge in [0.15, 0.2) is 12.1 Å². The van der Waals surface area contributed by atoms with Crippen molar-refractivity contribution in [2.24, 2.45) is 5.73 Å². The smallest absolute Gasteiger partial charge is 0.269 e. The fraction of sp³-hybridized carbons (Fsp3) is 0.458. The summed E-state index contributed by atoms with van der Waals surface area (Å²) in [6.07, 6.45) is 2.41. The highest BCUT2D eigenvalue weighted by Gasteiger charge is 2.20.